The summed E-state index contributed by atoms with van der Waals surface area (Å²) in [5, 5.41) is 2.68. The predicted molar refractivity (Wildman–Crippen MR) is 95.9 cm³/mol. The number of carbonyl (C=O) groups is 2. The smallest absolute Gasteiger partial charge is 0.291 e. The summed E-state index contributed by atoms with van der Waals surface area (Å²) < 4.78 is 5.05. The molecule has 2 amide bonds. The van der Waals surface area contributed by atoms with Gasteiger partial charge in [-0.1, -0.05) is 0 Å². The van der Waals surface area contributed by atoms with Crippen LogP contribution in [-0.2, 0) is 4.79 Å². The Morgan fingerprint density at radius 3 is 2.50 bits per heavy atom. The molecular formula is C18H27N5O3. The second-order valence-electron chi connectivity index (χ2n) is 7.23. The number of aromatic nitrogens is 2. The summed E-state index contributed by atoms with van der Waals surface area (Å²) in [5.74, 6) is 0.706. The van der Waals surface area contributed by atoms with Crippen LogP contribution in [0, 0.1) is 5.41 Å². The standard InChI is InChI=1S/C18H27N5O3/c1-19-15(24)12-22-8-5-18(6-9-22)4-3-7-23(13-18)17(25)16-20-10-14(26-2)11-21-16/h10-11H,3-9,12-13H2,1-2H3,(H,19,24). The van der Waals surface area contributed by atoms with Crippen molar-refractivity contribution in [1.82, 2.24) is 25.1 Å². The highest BCUT2D eigenvalue weighted by Crippen LogP contribution is 2.40. The van der Waals surface area contributed by atoms with Gasteiger partial charge in [0, 0.05) is 20.1 Å². The average molecular weight is 361 g/mol. The SMILES string of the molecule is CNC(=O)CN1CCC2(CCCN(C(=O)c3ncc(OC)cn3)C2)CC1. The van der Waals surface area contributed by atoms with E-state index in [2.05, 4.69) is 20.2 Å². The van der Waals surface area contributed by atoms with Crippen LogP contribution in [0.1, 0.15) is 36.3 Å². The van der Waals surface area contributed by atoms with E-state index in [1.165, 1.54) is 12.4 Å². The summed E-state index contributed by atoms with van der Waals surface area (Å²) in [6, 6.07) is 0. The molecule has 26 heavy (non-hydrogen) atoms. The lowest BCUT2D eigenvalue weighted by atomic mass is 9.72. The lowest BCUT2D eigenvalue weighted by molar-refractivity contribution is -0.122. The first kappa shape index (κ1) is 18.6. The van der Waals surface area contributed by atoms with Crippen LogP contribution < -0.4 is 10.1 Å². The number of amides is 2. The Kier molecular flexibility index (Phi) is 5.70. The van der Waals surface area contributed by atoms with Crippen LogP contribution in [0.2, 0.25) is 0 Å². The Morgan fingerprint density at radius 1 is 1.19 bits per heavy atom. The van der Waals surface area contributed by atoms with Crippen LogP contribution >= 0.6 is 0 Å². The molecule has 2 aliphatic rings. The number of rotatable bonds is 4. The van der Waals surface area contributed by atoms with E-state index in [1.54, 1.807) is 14.2 Å². The molecule has 0 bridgehead atoms. The van der Waals surface area contributed by atoms with Gasteiger partial charge in [-0.3, -0.25) is 14.5 Å². The van der Waals surface area contributed by atoms with E-state index in [1.807, 2.05) is 4.90 Å². The summed E-state index contributed by atoms with van der Waals surface area (Å²) in [6.45, 7) is 3.74. The van der Waals surface area contributed by atoms with Crippen molar-refractivity contribution in [1.29, 1.82) is 0 Å². The van der Waals surface area contributed by atoms with Crippen molar-refractivity contribution < 1.29 is 14.3 Å². The van der Waals surface area contributed by atoms with Gasteiger partial charge in [-0.15, -0.1) is 0 Å². The van der Waals surface area contributed by atoms with E-state index >= 15 is 0 Å². The van der Waals surface area contributed by atoms with E-state index in [0.717, 1.165) is 51.9 Å². The van der Waals surface area contributed by atoms with Crippen molar-refractivity contribution in [3.63, 3.8) is 0 Å². The van der Waals surface area contributed by atoms with Crippen molar-refractivity contribution in [3.05, 3.63) is 18.2 Å². The molecule has 0 atom stereocenters. The largest absolute Gasteiger partial charge is 0.494 e. The molecule has 8 heteroatoms. The molecule has 2 aliphatic heterocycles. The third kappa shape index (κ3) is 4.12. The zero-order chi connectivity index (χ0) is 18.6. The number of nitrogens with one attached hydrogen (secondary N) is 1. The Bertz CT molecular complexity index is 641. The van der Waals surface area contributed by atoms with Crippen LogP contribution in [0.15, 0.2) is 12.4 Å². The normalized spacial score (nSPS) is 20.0. The number of piperidine rings is 2. The number of likely N-dealkylation sites (tertiary alicyclic amines) is 2. The molecule has 8 nitrogen and oxygen atoms in total. The number of nitrogens with zero attached hydrogens (tertiary/aromatic N) is 4. The highest BCUT2D eigenvalue weighted by Gasteiger charge is 2.40. The fourth-order valence-corrected chi connectivity index (χ4v) is 3.93. The van der Waals surface area contributed by atoms with Crippen molar-refractivity contribution >= 4 is 11.8 Å². The fraction of sp³-hybridized carbons (Fsp3) is 0.667. The van der Waals surface area contributed by atoms with Crippen LogP contribution in [0.4, 0.5) is 0 Å². The molecule has 0 aromatic carbocycles. The first-order chi connectivity index (χ1) is 12.5. The van der Waals surface area contributed by atoms with Crippen LogP contribution in [0.3, 0.4) is 0 Å². The summed E-state index contributed by atoms with van der Waals surface area (Å²) in [7, 11) is 3.21. The van der Waals surface area contributed by atoms with Gasteiger partial charge in [-0.05, 0) is 44.2 Å². The fourth-order valence-electron chi connectivity index (χ4n) is 3.93. The van der Waals surface area contributed by atoms with Gasteiger partial charge in [-0.25, -0.2) is 9.97 Å². The lowest BCUT2D eigenvalue weighted by Gasteiger charge is -2.47. The van der Waals surface area contributed by atoms with Gasteiger partial charge in [0.05, 0.1) is 26.0 Å². The molecule has 3 heterocycles. The maximum atomic E-state index is 12.8. The first-order valence-electron chi connectivity index (χ1n) is 9.13. The maximum absolute atomic E-state index is 12.8. The number of carbonyl (C=O) groups excluding carboxylic acids is 2. The third-order valence-electron chi connectivity index (χ3n) is 5.57. The number of hydrogen-bond acceptors (Lipinski definition) is 6. The Balaban J connectivity index is 1.60. The second-order valence-corrected chi connectivity index (χ2v) is 7.23. The molecule has 1 aromatic rings. The topological polar surface area (TPSA) is 87.7 Å². The maximum Gasteiger partial charge on any atom is 0.291 e. The lowest BCUT2D eigenvalue weighted by Crippen LogP contribution is -2.52. The zero-order valence-corrected chi connectivity index (χ0v) is 15.5. The van der Waals surface area contributed by atoms with Crippen molar-refractivity contribution in [2.24, 2.45) is 5.41 Å². The van der Waals surface area contributed by atoms with Gasteiger partial charge in [-0.2, -0.15) is 0 Å². The van der Waals surface area contributed by atoms with Gasteiger partial charge >= 0.3 is 0 Å². The van der Waals surface area contributed by atoms with E-state index in [-0.39, 0.29) is 23.1 Å². The highest BCUT2D eigenvalue weighted by molar-refractivity contribution is 5.90. The Labute approximate surface area is 153 Å². The molecule has 1 N–H and O–H groups in total. The minimum atomic E-state index is -0.112. The molecule has 0 saturated carbocycles. The van der Waals surface area contributed by atoms with E-state index in [0.29, 0.717) is 12.3 Å². The second kappa shape index (κ2) is 7.99. The van der Waals surface area contributed by atoms with Crippen molar-refractivity contribution in [2.45, 2.75) is 25.7 Å². The van der Waals surface area contributed by atoms with Crippen LogP contribution in [0.5, 0.6) is 5.75 Å². The average Bonchev–Trinajstić information content (AvgIpc) is 2.69. The molecule has 3 rings (SSSR count). The molecule has 1 aromatic heterocycles. The summed E-state index contributed by atoms with van der Waals surface area (Å²) in [6.07, 6.45) is 7.20. The van der Waals surface area contributed by atoms with Gasteiger partial charge in [0.25, 0.3) is 5.91 Å². The first-order valence-corrected chi connectivity index (χ1v) is 9.13. The Hall–Kier alpha value is -2.22. The summed E-state index contributed by atoms with van der Waals surface area (Å²) in [4.78, 5) is 36.7. The quantitative estimate of drug-likeness (QED) is 0.843. The van der Waals surface area contributed by atoms with E-state index < -0.39 is 0 Å². The Morgan fingerprint density at radius 2 is 1.88 bits per heavy atom. The van der Waals surface area contributed by atoms with Gasteiger partial charge in [0.15, 0.2) is 5.75 Å². The highest BCUT2D eigenvalue weighted by atomic mass is 16.5. The van der Waals surface area contributed by atoms with Gasteiger partial charge < -0.3 is 15.0 Å². The number of ether oxygens (including phenoxy) is 1. The van der Waals surface area contributed by atoms with Gasteiger partial charge in [0.1, 0.15) is 0 Å². The molecule has 142 valence electrons. The zero-order valence-electron chi connectivity index (χ0n) is 15.5. The van der Waals surface area contributed by atoms with Crippen LogP contribution in [0.25, 0.3) is 0 Å². The van der Waals surface area contributed by atoms with E-state index in [9.17, 15) is 9.59 Å². The minimum absolute atomic E-state index is 0.0538. The van der Waals surface area contributed by atoms with Gasteiger partial charge in [0.2, 0.25) is 11.7 Å². The number of likely N-dealkylation sites (N-methyl/N-ethyl adjacent to an activating group) is 1. The molecule has 2 fully saturated rings. The summed E-state index contributed by atoms with van der Waals surface area (Å²) in [5.41, 5.74) is 0.152. The van der Waals surface area contributed by atoms with Crippen LogP contribution in [-0.4, -0.2) is 78.5 Å². The molecule has 2 saturated heterocycles. The van der Waals surface area contributed by atoms with Crippen molar-refractivity contribution in [3.8, 4) is 5.75 Å². The molecule has 1 spiro atoms. The predicted octanol–water partition coefficient (Wildman–Crippen LogP) is 0.549. The minimum Gasteiger partial charge on any atom is -0.494 e. The molecule has 0 aliphatic carbocycles. The van der Waals surface area contributed by atoms with E-state index in [4.69, 9.17) is 4.74 Å². The monoisotopic (exact) mass is 361 g/mol. The number of methoxy groups -OCH3 is 1. The summed E-state index contributed by atoms with van der Waals surface area (Å²) >= 11 is 0. The third-order valence-corrected chi connectivity index (χ3v) is 5.57. The van der Waals surface area contributed by atoms with Crippen molar-refractivity contribution in [2.75, 3.05) is 46.9 Å². The molecule has 0 radical (unpaired) electrons. The molecular weight excluding hydrogens is 334 g/mol. The molecule has 0 unspecified atom stereocenters. The number of hydrogen-bond donors (Lipinski definition) is 1.